The Morgan fingerprint density at radius 2 is 1.73 bits per heavy atom. The van der Waals surface area contributed by atoms with Gasteiger partial charge in [0.1, 0.15) is 0 Å². The normalized spacial score (nSPS) is 15.0. The molecule has 2 aromatic carbocycles. The summed E-state index contributed by atoms with van der Waals surface area (Å²) in [5, 5.41) is 3.01. The van der Waals surface area contributed by atoms with Crippen molar-refractivity contribution in [3.05, 3.63) is 59.2 Å². The van der Waals surface area contributed by atoms with Crippen LogP contribution >= 0.6 is 0 Å². The molecule has 3 rings (SSSR count). The molecule has 1 amide bonds. The lowest BCUT2D eigenvalue weighted by atomic mass is 10.1. The molecular weight excluding hydrogens is 348 g/mol. The van der Waals surface area contributed by atoms with E-state index >= 15 is 0 Å². The number of carbonyl (C=O) groups is 1. The topological polar surface area (TPSA) is 75.3 Å². The highest BCUT2D eigenvalue weighted by Gasteiger charge is 2.22. The number of amides is 1. The first-order chi connectivity index (χ1) is 12.4. The average Bonchev–Trinajstić information content (AvgIpc) is 3.07. The molecule has 0 spiro atoms. The molecule has 2 N–H and O–H groups in total. The monoisotopic (exact) mass is 372 g/mol. The van der Waals surface area contributed by atoms with Crippen molar-refractivity contribution in [2.75, 3.05) is 4.72 Å². The van der Waals surface area contributed by atoms with Gasteiger partial charge in [-0.05, 0) is 50.5 Å². The van der Waals surface area contributed by atoms with Gasteiger partial charge in [0, 0.05) is 6.04 Å². The summed E-state index contributed by atoms with van der Waals surface area (Å²) in [4.78, 5) is 12.8. The molecule has 2 aromatic rings. The molecule has 0 unspecified atom stereocenters. The second-order valence-electron chi connectivity index (χ2n) is 6.87. The molecule has 0 bridgehead atoms. The number of sulfonamides is 1. The Labute approximate surface area is 154 Å². The molecule has 26 heavy (non-hydrogen) atoms. The summed E-state index contributed by atoms with van der Waals surface area (Å²) >= 11 is 0. The van der Waals surface area contributed by atoms with E-state index in [1.807, 2.05) is 13.0 Å². The number of nitrogens with one attached hydrogen (secondary N) is 2. The first kappa shape index (κ1) is 18.5. The van der Waals surface area contributed by atoms with E-state index in [0.717, 1.165) is 31.2 Å². The van der Waals surface area contributed by atoms with E-state index in [1.54, 1.807) is 43.3 Å². The number of para-hydroxylation sites is 1. The predicted octanol–water partition coefficient (Wildman–Crippen LogP) is 3.78. The minimum absolute atomic E-state index is 0.173. The molecule has 0 aromatic heterocycles. The van der Waals surface area contributed by atoms with Crippen LogP contribution in [0.5, 0.6) is 0 Å². The minimum Gasteiger partial charge on any atom is -0.349 e. The summed E-state index contributed by atoms with van der Waals surface area (Å²) in [5.41, 5.74) is 2.30. The van der Waals surface area contributed by atoms with E-state index < -0.39 is 10.0 Å². The quantitative estimate of drug-likeness (QED) is 0.839. The Kier molecular flexibility index (Phi) is 5.32. The summed E-state index contributed by atoms with van der Waals surface area (Å²) in [5.74, 6) is -0.240. The van der Waals surface area contributed by atoms with Crippen LogP contribution in [0.2, 0.25) is 0 Å². The zero-order valence-corrected chi connectivity index (χ0v) is 15.9. The maximum atomic E-state index is 12.8. The van der Waals surface area contributed by atoms with Crippen LogP contribution in [0.4, 0.5) is 5.69 Å². The van der Waals surface area contributed by atoms with Gasteiger partial charge >= 0.3 is 0 Å². The summed E-state index contributed by atoms with van der Waals surface area (Å²) < 4.78 is 28.2. The zero-order chi connectivity index (χ0) is 18.7. The Morgan fingerprint density at radius 1 is 1.04 bits per heavy atom. The summed E-state index contributed by atoms with van der Waals surface area (Å²) in [6.07, 6.45) is 4.18. The van der Waals surface area contributed by atoms with Crippen molar-refractivity contribution in [1.29, 1.82) is 0 Å². The summed E-state index contributed by atoms with van der Waals surface area (Å²) in [7, 11) is -3.77. The Hall–Kier alpha value is -2.34. The van der Waals surface area contributed by atoms with Gasteiger partial charge in [-0.3, -0.25) is 9.52 Å². The number of carbonyl (C=O) groups excluding carboxylic acids is 1. The third kappa shape index (κ3) is 4.07. The van der Waals surface area contributed by atoms with E-state index in [1.165, 1.54) is 0 Å². The molecule has 0 radical (unpaired) electrons. The smallest absolute Gasteiger partial charge is 0.262 e. The molecule has 1 saturated carbocycles. The van der Waals surface area contributed by atoms with E-state index in [9.17, 15) is 13.2 Å². The van der Waals surface area contributed by atoms with E-state index in [4.69, 9.17) is 0 Å². The van der Waals surface area contributed by atoms with Crippen molar-refractivity contribution < 1.29 is 13.2 Å². The fraction of sp³-hybridized carbons (Fsp3) is 0.350. The highest BCUT2D eigenvalue weighted by atomic mass is 32.2. The first-order valence-electron chi connectivity index (χ1n) is 8.87. The molecule has 1 fully saturated rings. The first-order valence-corrected chi connectivity index (χ1v) is 10.3. The molecule has 1 aliphatic rings. The van der Waals surface area contributed by atoms with Crippen LogP contribution in [-0.4, -0.2) is 20.4 Å². The minimum atomic E-state index is -3.77. The molecule has 6 heteroatoms. The largest absolute Gasteiger partial charge is 0.349 e. The maximum absolute atomic E-state index is 12.8. The van der Waals surface area contributed by atoms with Gasteiger partial charge in [0.2, 0.25) is 0 Å². The standard InChI is InChI=1S/C20H24N2O3S/c1-14-11-12-19(15(2)13-14)26(24,25)22-18-10-6-5-9-17(18)20(23)21-16-7-3-4-8-16/h5-6,9-13,16,22H,3-4,7-8H2,1-2H3,(H,21,23). The Balaban J connectivity index is 1.86. The van der Waals surface area contributed by atoms with Crippen LogP contribution < -0.4 is 10.0 Å². The average molecular weight is 372 g/mol. The SMILES string of the molecule is Cc1ccc(S(=O)(=O)Nc2ccccc2C(=O)NC2CCCC2)c(C)c1. The maximum Gasteiger partial charge on any atom is 0.262 e. The number of rotatable bonds is 5. The van der Waals surface area contributed by atoms with Crippen LogP contribution in [-0.2, 0) is 10.0 Å². The van der Waals surface area contributed by atoms with Crippen LogP contribution in [0.25, 0.3) is 0 Å². The lowest BCUT2D eigenvalue weighted by molar-refractivity contribution is 0.0939. The van der Waals surface area contributed by atoms with Gasteiger partial charge in [-0.25, -0.2) is 8.42 Å². The van der Waals surface area contributed by atoms with Crippen molar-refractivity contribution in [3.8, 4) is 0 Å². The number of anilines is 1. The van der Waals surface area contributed by atoms with Crippen molar-refractivity contribution in [2.45, 2.75) is 50.5 Å². The van der Waals surface area contributed by atoms with Crippen molar-refractivity contribution in [1.82, 2.24) is 5.32 Å². The van der Waals surface area contributed by atoms with Gasteiger partial charge in [-0.1, -0.05) is 42.7 Å². The van der Waals surface area contributed by atoms with E-state index in [0.29, 0.717) is 16.8 Å². The molecule has 0 aliphatic heterocycles. The number of benzene rings is 2. The highest BCUT2D eigenvalue weighted by Crippen LogP contribution is 2.24. The number of hydrogen-bond donors (Lipinski definition) is 2. The Morgan fingerprint density at radius 3 is 2.42 bits per heavy atom. The van der Waals surface area contributed by atoms with Crippen molar-refractivity contribution in [3.63, 3.8) is 0 Å². The van der Waals surface area contributed by atoms with Crippen molar-refractivity contribution in [2.24, 2.45) is 0 Å². The molecule has 0 saturated heterocycles. The van der Waals surface area contributed by atoms with Gasteiger partial charge in [0.05, 0.1) is 16.1 Å². The summed E-state index contributed by atoms with van der Waals surface area (Å²) in [6.45, 7) is 3.68. The van der Waals surface area contributed by atoms with Gasteiger partial charge < -0.3 is 5.32 Å². The summed E-state index contributed by atoms with van der Waals surface area (Å²) in [6, 6.07) is 12.1. The molecular formula is C20H24N2O3S. The third-order valence-electron chi connectivity index (χ3n) is 4.73. The number of aryl methyl sites for hydroxylation is 2. The van der Waals surface area contributed by atoms with E-state index in [-0.39, 0.29) is 16.8 Å². The molecule has 0 atom stereocenters. The van der Waals surface area contributed by atoms with Crippen LogP contribution in [0.1, 0.15) is 47.2 Å². The fourth-order valence-corrected chi connectivity index (χ4v) is 4.71. The third-order valence-corrected chi connectivity index (χ3v) is 6.25. The highest BCUT2D eigenvalue weighted by molar-refractivity contribution is 7.92. The zero-order valence-electron chi connectivity index (χ0n) is 15.1. The molecule has 5 nitrogen and oxygen atoms in total. The molecule has 138 valence electrons. The van der Waals surface area contributed by atoms with Gasteiger partial charge in [0.25, 0.3) is 15.9 Å². The molecule has 0 heterocycles. The lowest BCUT2D eigenvalue weighted by Crippen LogP contribution is -2.33. The second-order valence-corrected chi connectivity index (χ2v) is 8.53. The fourth-order valence-electron chi connectivity index (χ4n) is 3.40. The lowest BCUT2D eigenvalue weighted by Gasteiger charge is -2.16. The Bertz CT molecular complexity index is 916. The van der Waals surface area contributed by atoms with Gasteiger partial charge in [-0.15, -0.1) is 0 Å². The molecule has 1 aliphatic carbocycles. The van der Waals surface area contributed by atoms with Crippen LogP contribution in [0, 0.1) is 13.8 Å². The predicted molar refractivity (Wildman–Crippen MR) is 103 cm³/mol. The van der Waals surface area contributed by atoms with Crippen LogP contribution in [0.3, 0.4) is 0 Å². The van der Waals surface area contributed by atoms with Crippen molar-refractivity contribution >= 4 is 21.6 Å². The second kappa shape index (κ2) is 7.50. The van der Waals surface area contributed by atoms with Gasteiger partial charge in [-0.2, -0.15) is 0 Å². The van der Waals surface area contributed by atoms with Gasteiger partial charge in [0.15, 0.2) is 0 Å². The number of hydrogen-bond acceptors (Lipinski definition) is 3. The van der Waals surface area contributed by atoms with E-state index in [2.05, 4.69) is 10.0 Å². The van der Waals surface area contributed by atoms with Crippen LogP contribution in [0.15, 0.2) is 47.4 Å².